The molecule has 3 rings (SSSR count). The third-order valence-electron chi connectivity index (χ3n) is 10.7. The molecular weight excluding hydrogens is 645 g/mol. The molecule has 0 aromatic heterocycles. The van der Waals surface area contributed by atoms with Gasteiger partial charge in [0.25, 0.3) is 5.60 Å². The first-order valence-corrected chi connectivity index (χ1v) is 16.5. The molecule has 6 atom stereocenters. The molecule has 0 aliphatic heterocycles. The van der Waals surface area contributed by atoms with Gasteiger partial charge in [0.1, 0.15) is 19.3 Å². The summed E-state index contributed by atoms with van der Waals surface area (Å²) in [5.41, 5.74) is -2.86. The first-order chi connectivity index (χ1) is 22.8. The first kappa shape index (κ1) is 39.8. The van der Waals surface area contributed by atoms with Crippen molar-refractivity contribution in [3.05, 3.63) is 59.2 Å². The molecule has 1 saturated carbocycles. The standard InChI is InChI=1S/C37H49F3O9/c1-23(19-32(43)48-29(21-46-26(4)41)22-47-27(5)42)17-18-34(6)25(3)30(20-35(7)24(2)13-12-16-31(34)35)49-33(44)36(45-8,37(38,39)40)28-14-10-9-11-15-28/h9-11,13-15,19,25,29-31H,12,16-18,20-22H2,1-8H3/b23-19+/t25-,30-,31-,34+,35+,36+/m0/s1. The Morgan fingerprint density at radius 2 is 1.59 bits per heavy atom. The predicted octanol–water partition coefficient (Wildman–Crippen LogP) is 7.18. The average Bonchev–Trinajstić information content (AvgIpc) is 3.01. The van der Waals surface area contributed by atoms with Crippen molar-refractivity contribution in [3.8, 4) is 0 Å². The highest BCUT2D eigenvalue weighted by Crippen LogP contribution is 2.62. The van der Waals surface area contributed by atoms with Crippen LogP contribution in [0, 0.1) is 22.7 Å². The third-order valence-corrected chi connectivity index (χ3v) is 10.7. The molecule has 49 heavy (non-hydrogen) atoms. The Balaban J connectivity index is 1.89. The quantitative estimate of drug-likeness (QED) is 0.0917. The lowest BCUT2D eigenvalue weighted by Crippen LogP contribution is -2.58. The van der Waals surface area contributed by atoms with Crippen molar-refractivity contribution in [1.29, 1.82) is 0 Å². The van der Waals surface area contributed by atoms with Gasteiger partial charge in [-0.3, -0.25) is 9.59 Å². The van der Waals surface area contributed by atoms with Crippen LogP contribution in [0.5, 0.6) is 0 Å². The Bertz CT molecular complexity index is 1400. The van der Waals surface area contributed by atoms with Gasteiger partial charge >= 0.3 is 30.1 Å². The zero-order valence-corrected chi connectivity index (χ0v) is 29.6. The lowest BCUT2D eigenvalue weighted by molar-refractivity contribution is -0.281. The minimum absolute atomic E-state index is 0.121. The van der Waals surface area contributed by atoms with E-state index in [1.807, 2.05) is 13.8 Å². The minimum Gasteiger partial charge on any atom is -0.462 e. The molecule has 0 amide bonds. The summed E-state index contributed by atoms with van der Waals surface area (Å²) < 4.78 is 70.5. The molecule has 0 saturated heterocycles. The SMILES string of the molecule is CO[C@@](C(=O)O[C@H]1C[C@]2(C)C(C)=CCC[C@H]2[C@](C)(CC/C(C)=C/C(=O)OC(COC(C)=O)COC(C)=O)[C@H]1C)(c1ccccc1)C(F)(F)F. The molecule has 0 bridgehead atoms. The number of rotatable bonds is 13. The van der Waals surface area contributed by atoms with E-state index in [4.69, 9.17) is 23.7 Å². The highest BCUT2D eigenvalue weighted by atomic mass is 19.4. The van der Waals surface area contributed by atoms with Gasteiger partial charge in [-0.1, -0.05) is 68.3 Å². The zero-order chi connectivity index (χ0) is 36.8. The van der Waals surface area contributed by atoms with Crippen LogP contribution in [0.2, 0.25) is 0 Å². The maximum Gasteiger partial charge on any atom is 0.432 e. The van der Waals surface area contributed by atoms with Crippen molar-refractivity contribution in [2.45, 2.75) is 105 Å². The first-order valence-electron chi connectivity index (χ1n) is 16.5. The van der Waals surface area contributed by atoms with E-state index in [9.17, 15) is 32.3 Å². The van der Waals surface area contributed by atoms with Crippen LogP contribution in [0.25, 0.3) is 0 Å². The van der Waals surface area contributed by atoms with Crippen molar-refractivity contribution in [2.24, 2.45) is 22.7 Å². The minimum atomic E-state index is -5.10. The number of hydrogen-bond donors (Lipinski definition) is 0. The molecule has 0 N–H and O–H groups in total. The van der Waals surface area contributed by atoms with Gasteiger partial charge in [0.15, 0.2) is 6.10 Å². The number of allylic oxidation sites excluding steroid dienone is 3. The summed E-state index contributed by atoms with van der Waals surface area (Å²) in [6, 6.07) is 6.78. The van der Waals surface area contributed by atoms with Gasteiger partial charge in [0.2, 0.25) is 0 Å². The smallest absolute Gasteiger partial charge is 0.432 e. The Morgan fingerprint density at radius 3 is 2.12 bits per heavy atom. The summed E-state index contributed by atoms with van der Waals surface area (Å²) in [6.45, 7) is 11.7. The molecule has 2 aliphatic carbocycles. The number of hydrogen-bond acceptors (Lipinski definition) is 9. The van der Waals surface area contributed by atoms with Crippen LogP contribution in [0.3, 0.4) is 0 Å². The molecule has 9 nitrogen and oxygen atoms in total. The van der Waals surface area contributed by atoms with Gasteiger partial charge in [0.05, 0.1) is 0 Å². The molecule has 1 fully saturated rings. The van der Waals surface area contributed by atoms with E-state index in [1.54, 1.807) is 13.0 Å². The second-order valence-corrected chi connectivity index (χ2v) is 13.8. The van der Waals surface area contributed by atoms with Crippen LogP contribution < -0.4 is 0 Å². The predicted molar refractivity (Wildman–Crippen MR) is 174 cm³/mol. The summed E-state index contributed by atoms with van der Waals surface area (Å²) >= 11 is 0. The van der Waals surface area contributed by atoms with E-state index in [-0.39, 0.29) is 30.6 Å². The molecule has 0 unspecified atom stereocenters. The molecule has 0 heterocycles. The lowest BCUT2D eigenvalue weighted by atomic mass is 9.46. The number of carbonyl (C=O) groups is 4. The number of benzene rings is 1. The highest BCUT2D eigenvalue weighted by molar-refractivity contribution is 5.83. The Kier molecular flexibility index (Phi) is 12.9. The second-order valence-electron chi connectivity index (χ2n) is 13.8. The Labute approximate surface area is 286 Å². The van der Waals surface area contributed by atoms with Crippen LogP contribution in [0.1, 0.15) is 86.1 Å². The van der Waals surface area contributed by atoms with E-state index in [0.29, 0.717) is 24.8 Å². The number of halogens is 3. The third kappa shape index (κ3) is 8.74. The van der Waals surface area contributed by atoms with E-state index in [0.717, 1.165) is 25.5 Å². The van der Waals surface area contributed by atoms with Gasteiger partial charge in [-0.2, -0.15) is 13.2 Å². The molecular formula is C37H49F3O9. The number of methoxy groups -OCH3 is 1. The summed E-state index contributed by atoms with van der Waals surface area (Å²) in [5.74, 6) is -3.61. The number of ether oxygens (including phenoxy) is 5. The fourth-order valence-corrected chi connectivity index (χ4v) is 7.62. The topological polar surface area (TPSA) is 114 Å². The van der Waals surface area contributed by atoms with Crippen LogP contribution in [0.4, 0.5) is 13.2 Å². The van der Waals surface area contributed by atoms with Gasteiger partial charge in [0, 0.05) is 32.6 Å². The normalized spacial score (nSPS) is 26.9. The summed E-state index contributed by atoms with van der Waals surface area (Å²) in [5, 5.41) is 0. The largest absolute Gasteiger partial charge is 0.462 e. The lowest BCUT2D eigenvalue weighted by Gasteiger charge is -2.60. The van der Waals surface area contributed by atoms with E-state index in [2.05, 4.69) is 19.9 Å². The molecule has 2 aliphatic rings. The van der Waals surface area contributed by atoms with Gasteiger partial charge in [-0.05, 0) is 68.6 Å². The number of esters is 4. The molecule has 1 aromatic carbocycles. The number of carbonyl (C=O) groups excluding carboxylic acids is 4. The molecule has 1 aromatic rings. The van der Waals surface area contributed by atoms with Gasteiger partial charge < -0.3 is 23.7 Å². The van der Waals surface area contributed by atoms with Crippen molar-refractivity contribution < 1.29 is 56.0 Å². The second kappa shape index (κ2) is 15.9. The van der Waals surface area contributed by atoms with Crippen molar-refractivity contribution in [2.75, 3.05) is 20.3 Å². The van der Waals surface area contributed by atoms with Gasteiger partial charge in [-0.25, -0.2) is 9.59 Å². The number of alkyl halides is 3. The Hall–Kier alpha value is -3.67. The van der Waals surface area contributed by atoms with Crippen LogP contribution in [0.15, 0.2) is 53.6 Å². The van der Waals surface area contributed by atoms with E-state index < -0.39 is 58.7 Å². The number of fused-ring (bicyclic) bond motifs is 1. The summed E-state index contributed by atoms with van der Waals surface area (Å²) in [4.78, 5) is 49.1. The van der Waals surface area contributed by atoms with Crippen LogP contribution in [-0.2, 0) is 48.5 Å². The fraction of sp³-hybridized carbons (Fsp3) is 0.622. The Morgan fingerprint density at radius 1 is 1.00 bits per heavy atom. The highest BCUT2D eigenvalue weighted by Gasteiger charge is 2.65. The summed E-state index contributed by atoms with van der Waals surface area (Å²) in [7, 11) is 0.858. The van der Waals surface area contributed by atoms with Crippen LogP contribution >= 0.6 is 0 Å². The monoisotopic (exact) mass is 694 g/mol. The molecule has 0 radical (unpaired) electrons. The maximum absolute atomic E-state index is 14.7. The van der Waals surface area contributed by atoms with Crippen molar-refractivity contribution in [1.82, 2.24) is 0 Å². The molecule has 12 heteroatoms. The van der Waals surface area contributed by atoms with E-state index in [1.165, 1.54) is 44.2 Å². The van der Waals surface area contributed by atoms with Crippen molar-refractivity contribution in [3.63, 3.8) is 0 Å². The zero-order valence-electron chi connectivity index (χ0n) is 29.6. The molecule has 272 valence electrons. The van der Waals surface area contributed by atoms with Crippen LogP contribution in [-0.4, -0.2) is 62.6 Å². The summed E-state index contributed by atoms with van der Waals surface area (Å²) in [6.07, 6.45) is -0.453. The maximum atomic E-state index is 14.7. The fourth-order valence-electron chi connectivity index (χ4n) is 7.62. The van der Waals surface area contributed by atoms with Crippen molar-refractivity contribution >= 4 is 23.9 Å². The van der Waals surface area contributed by atoms with E-state index >= 15 is 0 Å². The molecule has 0 spiro atoms. The average molecular weight is 695 g/mol. The van der Waals surface area contributed by atoms with Gasteiger partial charge in [-0.15, -0.1) is 0 Å².